The van der Waals surface area contributed by atoms with E-state index >= 15 is 0 Å². The standard InChI is InChI=1S/C8H8F2.2C8H9F.C8H16.2C8H14.C8H10.C7H14O.C6H12O2/c1-5-3-7(9)6(2)8(10)4-5;2*1-6-3-4-7(2)8(9)5-6;4*1-7-3-5-8(2)6-4-7;1-6-3-4-7(2)8-5-6;1-5-3-7-6(2)8-4-5/h3-4H,1-2H3;2*3-5H,1-2H3;7-8H,3-6H2,1-2H3;2*3,8H,4-6H2,1-2H3;3-6H,1-2H3;6-7H,3-5H2,1-2H3;5-6H,3-4H2,1-2H3. The molecule has 0 N–H and O–H groups in total. The molecule has 5 aliphatic rings. The summed E-state index contributed by atoms with van der Waals surface area (Å²) in [7, 11) is 0. The monoisotopic (exact) mass is 1060 g/mol. The first-order valence-electron chi connectivity index (χ1n) is 28.8. The fourth-order valence-corrected chi connectivity index (χ4v) is 8.13. The fraction of sp³-hybridized carbons (Fsp3) is 0.594. The Balaban J connectivity index is 0.000000428. The molecule has 3 aliphatic carbocycles. The Kier molecular flexibility index (Phi) is 36.2. The third-order valence-electron chi connectivity index (χ3n) is 14.4. The second kappa shape index (κ2) is 39.3. The highest BCUT2D eigenvalue weighted by atomic mass is 19.1. The average molecular weight is 1060 g/mol. The van der Waals surface area contributed by atoms with Crippen molar-refractivity contribution in [1.29, 1.82) is 0 Å². The predicted octanol–water partition coefficient (Wildman–Crippen LogP) is 20.9. The van der Waals surface area contributed by atoms with Gasteiger partial charge in [-0.3, -0.25) is 0 Å². The zero-order chi connectivity index (χ0) is 57.3. The van der Waals surface area contributed by atoms with Crippen LogP contribution in [0.2, 0.25) is 0 Å². The summed E-state index contributed by atoms with van der Waals surface area (Å²) in [6.45, 7) is 39.5. The largest absolute Gasteiger partial charge is 0.378 e. The first-order chi connectivity index (χ1) is 35.7. The molecule has 4 aromatic carbocycles. The summed E-state index contributed by atoms with van der Waals surface area (Å²) in [5.41, 5.74) is 9.89. The molecule has 0 radical (unpaired) electrons. The van der Waals surface area contributed by atoms with E-state index < -0.39 is 11.6 Å². The van der Waals surface area contributed by atoms with Gasteiger partial charge in [0.05, 0.1) is 19.3 Å². The normalized spacial score (nSPS) is 23.4. The zero-order valence-corrected chi connectivity index (χ0v) is 51.0. The fourth-order valence-electron chi connectivity index (χ4n) is 8.13. The number of benzene rings is 4. The minimum atomic E-state index is -0.475. The molecule has 4 aromatic rings. The molecule has 9 rings (SSSR count). The van der Waals surface area contributed by atoms with Gasteiger partial charge in [0.15, 0.2) is 6.29 Å². The molecule has 4 unspecified atom stereocenters. The Bertz CT molecular complexity index is 2010. The number of halogens is 4. The second-order valence-electron chi connectivity index (χ2n) is 23.4. The van der Waals surface area contributed by atoms with Crippen LogP contribution in [0.3, 0.4) is 0 Å². The van der Waals surface area contributed by atoms with Crippen molar-refractivity contribution in [3.63, 3.8) is 0 Å². The second-order valence-corrected chi connectivity index (χ2v) is 23.4. The maximum atomic E-state index is 12.6. The van der Waals surface area contributed by atoms with Crippen LogP contribution in [-0.2, 0) is 14.2 Å². The minimum Gasteiger partial charge on any atom is -0.378 e. The van der Waals surface area contributed by atoms with Gasteiger partial charge in [-0.1, -0.05) is 150 Å². The van der Waals surface area contributed by atoms with E-state index in [1.165, 1.54) is 119 Å². The number of hydrogen-bond acceptors (Lipinski definition) is 3. The number of allylic oxidation sites excluding steroid dienone is 4. The number of aryl methyl sites for hydroxylation is 7. The van der Waals surface area contributed by atoms with Crippen LogP contribution in [0.4, 0.5) is 17.6 Å². The van der Waals surface area contributed by atoms with Gasteiger partial charge >= 0.3 is 0 Å². The molecule has 2 saturated heterocycles. The molecule has 1 saturated carbocycles. The predicted molar refractivity (Wildman–Crippen MR) is 318 cm³/mol. The molecule has 4 atom stereocenters. The van der Waals surface area contributed by atoms with Gasteiger partial charge in [0.25, 0.3) is 0 Å². The van der Waals surface area contributed by atoms with E-state index in [2.05, 4.69) is 113 Å². The Morgan fingerprint density at radius 3 is 0.961 bits per heavy atom. The highest BCUT2D eigenvalue weighted by Crippen LogP contribution is 2.27. The van der Waals surface area contributed by atoms with Crippen LogP contribution in [0, 0.1) is 114 Å². The number of ether oxygens (including phenoxy) is 3. The number of hydrogen-bond donors (Lipinski definition) is 0. The van der Waals surface area contributed by atoms with Crippen molar-refractivity contribution in [2.75, 3.05) is 19.8 Å². The Hall–Kier alpha value is -4.04. The Morgan fingerprint density at radius 2 is 0.684 bits per heavy atom. The molecule has 2 aliphatic heterocycles. The lowest BCUT2D eigenvalue weighted by atomic mass is 9.84. The van der Waals surface area contributed by atoms with Gasteiger partial charge < -0.3 is 14.2 Å². The SMILES string of the molecule is CC1=CCC(C)CC1.CC1=CCC(C)CC1.CC1CCC(C)CC1.CC1CCC(C)OC1.CC1COC(C)OC1.Cc1cc(F)c(C)c(F)c1.Cc1ccc(C)c(F)c1.Cc1ccc(C)c(F)c1.Cc1ccc(C)cc1. The van der Waals surface area contributed by atoms with E-state index in [1.54, 1.807) is 44.1 Å². The maximum absolute atomic E-state index is 12.6. The lowest BCUT2D eigenvalue weighted by Gasteiger charge is -2.24. The van der Waals surface area contributed by atoms with Gasteiger partial charge in [0.2, 0.25) is 0 Å². The lowest BCUT2D eigenvalue weighted by molar-refractivity contribution is -0.187. The summed E-state index contributed by atoms with van der Waals surface area (Å²) in [6.07, 6.45) is 21.9. The molecule has 3 fully saturated rings. The average Bonchev–Trinajstić information content (AvgIpc) is 3.38. The van der Waals surface area contributed by atoms with Crippen molar-refractivity contribution < 1.29 is 31.8 Å². The first-order valence-corrected chi connectivity index (χ1v) is 28.8. The molecule has 0 spiro atoms. The molecule has 3 nitrogen and oxygen atoms in total. The Morgan fingerprint density at radius 1 is 0.342 bits per heavy atom. The lowest BCUT2D eigenvalue weighted by Crippen LogP contribution is -2.27. The minimum absolute atomic E-state index is 0.0196. The highest BCUT2D eigenvalue weighted by molar-refractivity contribution is 5.24. The van der Waals surface area contributed by atoms with Crippen LogP contribution in [0.1, 0.15) is 191 Å². The van der Waals surface area contributed by atoms with Crippen molar-refractivity contribution in [2.45, 2.75) is 214 Å². The third kappa shape index (κ3) is 34.7. The highest BCUT2D eigenvalue weighted by Gasteiger charge is 2.15. The first kappa shape index (κ1) is 70.0. The molecular formula is C69H106F4O3. The van der Waals surface area contributed by atoms with E-state index in [9.17, 15) is 17.6 Å². The van der Waals surface area contributed by atoms with E-state index in [0.29, 0.717) is 28.7 Å². The molecule has 0 bridgehead atoms. The molecule has 2 heterocycles. The van der Waals surface area contributed by atoms with Crippen LogP contribution in [-0.4, -0.2) is 32.2 Å². The van der Waals surface area contributed by atoms with E-state index in [4.69, 9.17) is 14.2 Å². The van der Waals surface area contributed by atoms with Crippen molar-refractivity contribution in [2.24, 2.45) is 35.5 Å². The van der Waals surface area contributed by atoms with Crippen molar-refractivity contribution in [3.8, 4) is 0 Å². The van der Waals surface area contributed by atoms with Crippen LogP contribution >= 0.6 is 0 Å². The van der Waals surface area contributed by atoms with Gasteiger partial charge in [-0.2, -0.15) is 0 Å². The van der Waals surface area contributed by atoms with Crippen molar-refractivity contribution in [3.05, 3.63) is 164 Å². The third-order valence-corrected chi connectivity index (χ3v) is 14.4. The summed E-state index contributed by atoms with van der Waals surface area (Å²) >= 11 is 0. The molecule has 0 aromatic heterocycles. The van der Waals surface area contributed by atoms with Crippen LogP contribution in [0.15, 0.2) is 96.1 Å². The summed E-state index contributed by atoms with van der Waals surface area (Å²) in [5.74, 6) is 4.12. The van der Waals surface area contributed by atoms with Crippen LogP contribution < -0.4 is 0 Å². The molecular weight excluding hydrogens is 953 g/mol. The smallest absolute Gasteiger partial charge is 0.154 e. The molecule has 7 heteroatoms. The maximum Gasteiger partial charge on any atom is 0.154 e. The van der Waals surface area contributed by atoms with Crippen LogP contribution in [0.5, 0.6) is 0 Å². The quantitative estimate of drug-likeness (QED) is 0.130. The topological polar surface area (TPSA) is 27.7 Å². The van der Waals surface area contributed by atoms with Crippen molar-refractivity contribution in [1.82, 2.24) is 0 Å². The van der Waals surface area contributed by atoms with Gasteiger partial charge in [-0.05, 0) is 216 Å². The van der Waals surface area contributed by atoms with Gasteiger partial charge in [0, 0.05) is 18.1 Å². The van der Waals surface area contributed by atoms with Gasteiger partial charge in [-0.15, -0.1) is 0 Å². The van der Waals surface area contributed by atoms with E-state index in [-0.39, 0.29) is 23.5 Å². The Labute approximate surface area is 463 Å². The molecule has 0 amide bonds. The summed E-state index contributed by atoms with van der Waals surface area (Å²) in [4.78, 5) is 0. The molecule has 428 valence electrons. The molecule has 76 heavy (non-hydrogen) atoms. The van der Waals surface area contributed by atoms with E-state index in [0.717, 1.165) is 60.5 Å². The van der Waals surface area contributed by atoms with Crippen molar-refractivity contribution >= 4 is 0 Å². The zero-order valence-electron chi connectivity index (χ0n) is 51.0. The summed E-state index contributed by atoms with van der Waals surface area (Å²) in [5, 5.41) is 0. The van der Waals surface area contributed by atoms with Gasteiger partial charge in [0.1, 0.15) is 23.3 Å². The summed E-state index contributed by atoms with van der Waals surface area (Å²) < 4.78 is 66.1. The summed E-state index contributed by atoms with van der Waals surface area (Å²) in [6, 6.07) is 21.6. The van der Waals surface area contributed by atoms with E-state index in [1.807, 2.05) is 32.9 Å². The number of rotatable bonds is 0. The van der Waals surface area contributed by atoms with Gasteiger partial charge in [-0.25, -0.2) is 17.6 Å². The van der Waals surface area contributed by atoms with Crippen LogP contribution in [0.25, 0.3) is 0 Å².